The summed E-state index contributed by atoms with van der Waals surface area (Å²) in [6.07, 6.45) is 0.406. The number of hydrogen-bond donors (Lipinski definition) is 1. The fraction of sp³-hybridized carbons (Fsp3) is 0.375. The molecule has 3 aromatic rings. The van der Waals surface area contributed by atoms with Crippen molar-refractivity contribution in [2.45, 2.75) is 72.0 Å². The molecule has 0 fully saturated rings. The molecule has 0 aliphatic heterocycles. The fourth-order valence-corrected chi connectivity index (χ4v) is 4.21. The molecule has 1 atom stereocenters. The Morgan fingerprint density at radius 1 is 0.865 bits per heavy atom. The second-order valence-corrected chi connectivity index (χ2v) is 10.9. The lowest BCUT2D eigenvalue weighted by atomic mass is 10.0. The number of para-hydroxylation sites is 1. The average molecular weight is 501 g/mol. The van der Waals surface area contributed by atoms with E-state index in [0.717, 1.165) is 22.3 Å². The number of carbonyl (C=O) groups excluding carboxylic acids is 2. The van der Waals surface area contributed by atoms with E-state index in [1.54, 1.807) is 4.90 Å². The second kappa shape index (κ2) is 12.6. The molecule has 196 valence electrons. The van der Waals surface area contributed by atoms with Crippen LogP contribution in [0.15, 0.2) is 78.9 Å². The van der Waals surface area contributed by atoms with Crippen molar-refractivity contribution in [2.24, 2.45) is 0 Å². The first kappa shape index (κ1) is 28.0. The molecule has 0 saturated carbocycles. The van der Waals surface area contributed by atoms with Crippen LogP contribution in [0, 0.1) is 6.92 Å². The van der Waals surface area contributed by atoms with Gasteiger partial charge < -0.3 is 15.0 Å². The van der Waals surface area contributed by atoms with Crippen LogP contribution in [0.2, 0.25) is 0 Å². The first-order valence-corrected chi connectivity index (χ1v) is 13.0. The van der Waals surface area contributed by atoms with E-state index in [-0.39, 0.29) is 24.3 Å². The van der Waals surface area contributed by atoms with Crippen molar-refractivity contribution in [1.29, 1.82) is 0 Å². The third-order valence-electron chi connectivity index (χ3n) is 6.13. The van der Waals surface area contributed by atoms with Gasteiger partial charge in [-0.05, 0) is 56.4 Å². The summed E-state index contributed by atoms with van der Waals surface area (Å²) in [5, 5.41) is 3.09. The maximum absolute atomic E-state index is 13.8. The summed E-state index contributed by atoms with van der Waals surface area (Å²) in [6, 6.07) is 25.0. The Morgan fingerprint density at radius 2 is 1.49 bits per heavy atom. The highest BCUT2D eigenvalue weighted by molar-refractivity contribution is 5.89. The zero-order valence-electron chi connectivity index (χ0n) is 23.0. The number of rotatable bonds is 10. The zero-order valence-corrected chi connectivity index (χ0v) is 23.0. The first-order valence-electron chi connectivity index (χ1n) is 13.0. The maximum Gasteiger partial charge on any atom is 0.261 e. The van der Waals surface area contributed by atoms with Crippen molar-refractivity contribution in [3.63, 3.8) is 0 Å². The van der Waals surface area contributed by atoms with Crippen LogP contribution in [-0.2, 0) is 22.6 Å². The molecule has 0 aliphatic carbocycles. The number of aryl methyl sites for hydroxylation is 1. The third-order valence-corrected chi connectivity index (χ3v) is 6.13. The normalized spacial score (nSPS) is 12.2. The van der Waals surface area contributed by atoms with Crippen molar-refractivity contribution in [1.82, 2.24) is 10.2 Å². The van der Waals surface area contributed by atoms with E-state index in [2.05, 4.69) is 19.2 Å². The lowest BCUT2D eigenvalue weighted by molar-refractivity contribution is -0.143. The highest BCUT2D eigenvalue weighted by Crippen LogP contribution is 2.26. The molecule has 5 heteroatoms. The van der Waals surface area contributed by atoms with E-state index < -0.39 is 11.6 Å². The molecule has 2 amide bonds. The van der Waals surface area contributed by atoms with Crippen LogP contribution in [-0.4, -0.2) is 34.9 Å². The molecule has 37 heavy (non-hydrogen) atoms. The number of carbonyl (C=O) groups is 2. The Kier molecular flexibility index (Phi) is 9.51. The van der Waals surface area contributed by atoms with Gasteiger partial charge in [0.1, 0.15) is 11.8 Å². The van der Waals surface area contributed by atoms with Crippen LogP contribution in [0.1, 0.15) is 62.8 Å². The first-order chi connectivity index (χ1) is 17.5. The smallest absolute Gasteiger partial charge is 0.261 e. The van der Waals surface area contributed by atoms with Gasteiger partial charge in [0, 0.05) is 18.5 Å². The summed E-state index contributed by atoms with van der Waals surface area (Å²) in [4.78, 5) is 29.1. The number of hydrogen-bond acceptors (Lipinski definition) is 3. The molecular weight excluding hydrogens is 460 g/mol. The quantitative estimate of drug-likeness (QED) is 0.369. The minimum Gasteiger partial charge on any atom is -0.483 e. The van der Waals surface area contributed by atoms with E-state index in [0.29, 0.717) is 18.7 Å². The number of nitrogens with zero attached hydrogens (tertiary/aromatic N) is 1. The summed E-state index contributed by atoms with van der Waals surface area (Å²) in [5.41, 5.74) is 3.71. The highest BCUT2D eigenvalue weighted by Gasteiger charge is 2.32. The van der Waals surface area contributed by atoms with Gasteiger partial charge in [-0.15, -0.1) is 0 Å². The van der Waals surface area contributed by atoms with Crippen molar-refractivity contribution in [3.8, 4) is 5.75 Å². The largest absolute Gasteiger partial charge is 0.483 e. The minimum atomic E-state index is -0.695. The fourth-order valence-electron chi connectivity index (χ4n) is 4.21. The summed E-state index contributed by atoms with van der Waals surface area (Å²) in [6.45, 7) is 12.2. The van der Waals surface area contributed by atoms with E-state index in [1.165, 1.54) is 0 Å². The summed E-state index contributed by atoms with van der Waals surface area (Å²) < 4.78 is 6.06. The van der Waals surface area contributed by atoms with Gasteiger partial charge in [0.05, 0.1) is 0 Å². The molecule has 3 rings (SSSR count). The standard InChI is InChI=1S/C32H40N2O3/c1-23(2)27-14-10-11-15-29(27)37-22-30(35)34(21-26-18-16-24(3)17-19-26)28(31(36)33-32(4,5)6)20-25-12-8-7-9-13-25/h7-19,23,28H,20-22H2,1-6H3,(H,33,36)/t28-/m0/s1. The van der Waals surface area contributed by atoms with Crippen molar-refractivity contribution >= 4 is 11.8 Å². The van der Waals surface area contributed by atoms with Gasteiger partial charge in [0.2, 0.25) is 5.91 Å². The molecule has 0 aliphatic rings. The monoisotopic (exact) mass is 500 g/mol. The number of ether oxygens (including phenoxy) is 1. The highest BCUT2D eigenvalue weighted by atomic mass is 16.5. The number of amides is 2. The van der Waals surface area contributed by atoms with E-state index in [4.69, 9.17) is 4.74 Å². The molecule has 0 saturated heterocycles. The van der Waals surface area contributed by atoms with Gasteiger partial charge in [-0.3, -0.25) is 9.59 Å². The predicted octanol–water partition coefficient (Wildman–Crippen LogP) is 6.05. The van der Waals surface area contributed by atoms with Crippen LogP contribution in [0.3, 0.4) is 0 Å². The Bertz CT molecular complexity index is 1160. The molecule has 0 unspecified atom stereocenters. The van der Waals surface area contributed by atoms with Crippen molar-refractivity contribution in [3.05, 3.63) is 101 Å². The Hall–Kier alpha value is -3.60. The third kappa shape index (κ3) is 8.49. The summed E-state index contributed by atoms with van der Waals surface area (Å²) in [7, 11) is 0. The van der Waals surface area contributed by atoms with Crippen molar-refractivity contribution in [2.75, 3.05) is 6.61 Å². The van der Waals surface area contributed by atoms with Crippen LogP contribution >= 0.6 is 0 Å². The molecule has 0 aromatic heterocycles. The zero-order chi connectivity index (χ0) is 27.0. The molecule has 3 aromatic carbocycles. The molecule has 0 radical (unpaired) electrons. The van der Waals surface area contributed by atoms with Crippen LogP contribution in [0.4, 0.5) is 0 Å². The Labute approximate surface area is 221 Å². The number of benzene rings is 3. The van der Waals surface area contributed by atoms with Crippen LogP contribution < -0.4 is 10.1 Å². The molecule has 0 bridgehead atoms. The molecule has 0 heterocycles. The second-order valence-electron chi connectivity index (χ2n) is 10.9. The molecule has 5 nitrogen and oxygen atoms in total. The van der Waals surface area contributed by atoms with E-state index in [1.807, 2.05) is 107 Å². The van der Waals surface area contributed by atoms with Crippen LogP contribution in [0.5, 0.6) is 5.75 Å². The SMILES string of the molecule is Cc1ccc(CN(C(=O)COc2ccccc2C(C)C)[C@@H](Cc2ccccc2)C(=O)NC(C)(C)C)cc1. The summed E-state index contributed by atoms with van der Waals surface area (Å²) >= 11 is 0. The predicted molar refractivity (Wildman–Crippen MR) is 150 cm³/mol. The molecular formula is C32H40N2O3. The Morgan fingerprint density at radius 3 is 2.11 bits per heavy atom. The van der Waals surface area contributed by atoms with Gasteiger partial charge in [-0.25, -0.2) is 0 Å². The number of nitrogens with one attached hydrogen (secondary N) is 1. The van der Waals surface area contributed by atoms with Gasteiger partial charge in [-0.1, -0.05) is 92.2 Å². The van der Waals surface area contributed by atoms with Gasteiger partial charge in [0.25, 0.3) is 5.91 Å². The van der Waals surface area contributed by atoms with Gasteiger partial charge in [-0.2, -0.15) is 0 Å². The maximum atomic E-state index is 13.8. The van der Waals surface area contributed by atoms with Crippen molar-refractivity contribution < 1.29 is 14.3 Å². The van der Waals surface area contributed by atoms with E-state index >= 15 is 0 Å². The van der Waals surface area contributed by atoms with Gasteiger partial charge in [0.15, 0.2) is 6.61 Å². The topological polar surface area (TPSA) is 58.6 Å². The molecule has 0 spiro atoms. The lowest BCUT2D eigenvalue weighted by Crippen LogP contribution is -2.55. The van der Waals surface area contributed by atoms with E-state index in [9.17, 15) is 9.59 Å². The average Bonchev–Trinajstić information content (AvgIpc) is 2.85. The molecule has 1 N–H and O–H groups in total. The van der Waals surface area contributed by atoms with Crippen LogP contribution in [0.25, 0.3) is 0 Å². The Balaban J connectivity index is 1.94. The minimum absolute atomic E-state index is 0.149. The lowest BCUT2D eigenvalue weighted by Gasteiger charge is -2.34. The van der Waals surface area contributed by atoms with Gasteiger partial charge >= 0.3 is 0 Å². The summed E-state index contributed by atoms with van der Waals surface area (Å²) in [5.74, 6) is 0.543.